The zero-order valence-electron chi connectivity index (χ0n) is 9.58. The van der Waals surface area contributed by atoms with Crippen molar-refractivity contribution >= 4 is 5.97 Å². The maximum atomic E-state index is 10.7. The molecule has 6 heteroatoms. The van der Waals surface area contributed by atoms with Gasteiger partial charge in [0.1, 0.15) is 0 Å². The van der Waals surface area contributed by atoms with Gasteiger partial charge in [-0.15, -0.1) is 0 Å². The molecule has 0 bridgehead atoms. The van der Waals surface area contributed by atoms with Crippen LogP contribution >= 0.6 is 0 Å². The maximum Gasteiger partial charge on any atom is 0.334 e. The summed E-state index contributed by atoms with van der Waals surface area (Å²) in [7, 11) is 2.88. The molecule has 0 aliphatic heterocycles. The summed E-state index contributed by atoms with van der Waals surface area (Å²) in [5.74, 6) is -0.636. The Hall–Kier alpha value is -1.79. The van der Waals surface area contributed by atoms with Gasteiger partial charge in [0, 0.05) is 5.56 Å². The van der Waals surface area contributed by atoms with Crippen LogP contribution in [0.5, 0.6) is 11.5 Å². The predicted octanol–water partition coefficient (Wildman–Crippen LogP) is 0.149. The standard InChI is InChI=1S/C11H15NO5/c1-16-7-5-3-4-6(10(7)17-2)8(12)9(13)11(14)15/h3-5,8-9,13H,12H2,1-2H3,(H,14,15)/t8-,9-/m0/s1. The third-order valence-electron chi connectivity index (χ3n) is 2.39. The van der Waals surface area contributed by atoms with Crippen LogP contribution in [0.4, 0.5) is 0 Å². The zero-order chi connectivity index (χ0) is 13.0. The van der Waals surface area contributed by atoms with Crippen molar-refractivity contribution in [2.75, 3.05) is 14.2 Å². The van der Waals surface area contributed by atoms with E-state index in [-0.39, 0.29) is 0 Å². The summed E-state index contributed by atoms with van der Waals surface area (Å²) in [6.07, 6.45) is -1.70. The van der Waals surface area contributed by atoms with Crippen LogP contribution in [-0.2, 0) is 4.79 Å². The molecule has 0 unspecified atom stereocenters. The molecule has 2 atom stereocenters. The Morgan fingerprint density at radius 2 is 2.00 bits per heavy atom. The first-order chi connectivity index (χ1) is 8.02. The molecule has 1 rings (SSSR count). The first-order valence-electron chi connectivity index (χ1n) is 4.90. The molecule has 0 saturated carbocycles. The monoisotopic (exact) mass is 241 g/mol. The van der Waals surface area contributed by atoms with Crippen molar-refractivity contribution in [3.63, 3.8) is 0 Å². The van der Waals surface area contributed by atoms with E-state index >= 15 is 0 Å². The molecule has 0 spiro atoms. The second kappa shape index (κ2) is 5.51. The van der Waals surface area contributed by atoms with Crippen LogP contribution in [0.25, 0.3) is 0 Å². The van der Waals surface area contributed by atoms with Gasteiger partial charge in [-0.3, -0.25) is 0 Å². The van der Waals surface area contributed by atoms with Crippen molar-refractivity contribution in [3.8, 4) is 11.5 Å². The van der Waals surface area contributed by atoms with E-state index in [2.05, 4.69) is 0 Å². The number of carboxylic acids is 1. The normalized spacial score (nSPS) is 13.9. The highest BCUT2D eigenvalue weighted by molar-refractivity contribution is 5.73. The molecule has 0 amide bonds. The van der Waals surface area contributed by atoms with E-state index in [4.69, 9.17) is 20.3 Å². The van der Waals surface area contributed by atoms with E-state index in [0.29, 0.717) is 17.1 Å². The van der Waals surface area contributed by atoms with Gasteiger partial charge in [-0.25, -0.2) is 4.79 Å². The fourth-order valence-corrected chi connectivity index (χ4v) is 1.50. The molecular formula is C11H15NO5. The lowest BCUT2D eigenvalue weighted by Crippen LogP contribution is -2.33. The molecule has 94 valence electrons. The number of nitrogens with two attached hydrogens (primary N) is 1. The highest BCUT2D eigenvalue weighted by Crippen LogP contribution is 2.34. The lowest BCUT2D eigenvalue weighted by atomic mass is 10.0. The van der Waals surface area contributed by atoms with Crippen LogP contribution in [-0.4, -0.2) is 36.5 Å². The number of benzene rings is 1. The second-order valence-corrected chi connectivity index (χ2v) is 3.39. The SMILES string of the molecule is COc1cccc([C@H](N)[C@H](O)C(=O)O)c1OC. The minimum Gasteiger partial charge on any atom is -0.493 e. The lowest BCUT2D eigenvalue weighted by molar-refractivity contribution is -0.147. The van der Waals surface area contributed by atoms with Gasteiger partial charge < -0.3 is 25.4 Å². The Morgan fingerprint density at radius 3 is 2.47 bits per heavy atom. The minimum absolute atomic E-state index is 0.322. The number of ether oxygens (including phenoxy) is 2. The van der Waals surface area contributed by atoms with Gasteiger partial charge in [0.2, 0.25) is 0 Å². The van der Waals surface area contributed by atoms with Gasteiger partial charge in [0.05, 0.1) is 20.3 Å². The number of para-hydroxylation sites is 1. The van der Waals surface area contributed by atoms with Crippen LogP contribution in [0, 0.1) is 0 Å². The molecule has 0 fully saturated rings. The van der Waals surface area contributed by atoms with Gasteiger partial charge in [-0.05, 0) is 6.07 Å². The number of hydrogen-bond acceptors (Lipinski definition) is 5. The third-order valence-corrected chi connectivity index (χ3v) is 2.39. The average Bonchev–Trinajstić information content (AvgIpc) is 2.35. The van der Waals surface area contributed by atoms with Crippen molar-refractivity contribution in [2.45, 2.75) is 12.1 Å². The first kappa shape index (κ1) is 13.3. The van der Waals surface area contributed by atoms with Crippen LogP contribution in [0.1, 0.15) is 11.6 Å². The number of rotatable bonds is 5. The number of aliphatic carboxylic acids is 1. The summed E-state index contributed by atoms with van der Waals surface area (Å²) in [5, 5.41) is 18.1. The molecule has 0 aliphatic carbocycles. The smallest absolute Gasteiger partial charge is 0.334 e. The van der Waals surface area contributed by atoms with Crippen molar-refractivity contribution in [3.05, 3.63) is 23.8 Å². The number of methoxy groups -OCH3 is 2. The van der Waals surface area contributed by atoms with Crippen LogP contribution in [0.2, 0.25) is 0 Å². The Bertz CT molecular complexity index is 407. The number of carboxylic acid groups (broad SMARTS) is 1. The van der Waals surface area contributed by atoms with Crippen molar-refractivity contribution in [1.82, 2.24) is 0 Å². The fraction of sp³-hybridized carbons (Fsp3) is 0.364. The van der Waals surface area contributed by atoms with E-state index in [0.717, 1.165) is 0 Å². The van der Waals surface area contributed by atoms with Crippen molar-refractivity contribution < 1.29 is 24.5 Å². The molecule has 0 radical (unpaired) electrons. The Balaban J connectivity index is 3.17. The van der Waals surface area contributed by atoms with Gasteiger partial charge in [-0.1, -0.05) is 12.1 Å². The quantitative estimate of drug-likeness (QED) is 0.678. The molecule has 1 aromatic rings. The van der Waals surface area contributed by atoms with Crippen LogP contribution in [0.15, 0.2) is 18.2 Å². The van der Waals surface area contributed by atoms with E-state index < -0.39 is 18.1 Å². The Kier molecular flexibility index (Phi) is 4.30. The fourth-order valence-electron chi connectivity index (χ4n) is 1.50. The molecule has 6 nitrogen and oxygen atoms in total. The molecule has 1 aromatic carbocycles. The van der Waals surface area contributed by atoms with Gasteiger partial charge >= 0.3 is 5.97 Å². The maximum absolute atomic E-state index is 10.7. The Morgan fingerprint density at radius 1 is 1.35 bits per heavy atom. The number of aliphatic hydroxyl groups is 1. The summed E-state index contributed by atoms with van der Waals surface area (Å²) < 4.78 is 10.2. The van der Waals surface area contributed by atoms with E-state index in [1.54, 1.807) is 18.2 Å². The molecule has 4 N–H and O–H groups in total. The van der Waals surface area contributed by atoms with E-state index in [1.165, 1.54) is 14.2 Å². The Labute approximate surface area is 98.6 Å². The molecule has 17 heavy (non-hydrogen) atoms. The highest BCUT2D eigenvalue weighted by atomic mass is 16.5. The van der Waals surface area contributed by atoms with Gasteiger partial charge in [-0.2, -0.15) is 0 Å². The number of aliphatic hydroxyl groups excluding tert-OH is 1. The molecule has 0 aliphatic rings. The zero-order valence-corrected chi connectivity index (χ0v) is 9.58. The average molecular weight is 241 g/mol. The third kappa shape index (κ3) is 2.66. The van der Waals surface area contributed by atoms with Gasteiger partial charge in [0.25, 0.3) is 0 Å². The van der Waals surface area contributed by atoms with Crippen molar-refractivity contribution in [1.29, 1.82) is 0 Å². The minimum atomic E-state index is -1.70. The van der Waals surface area contributed by atoms with Crippen LogP contribution < -0.4 is 15.2 Å². The van der Waals surface area contributed by atoms with Crippen molar-refractivity contribution in [2.24, 2.45) is 5.73 Å². The molecular weight excluding hydrogens is 226 g/mol. The van der Waals surface area contributed by atoms with E-state index in [1.807, 2.05) is 0 Å². The summed E-state index contributed by atoms with van der Waals surface area (Å²) in [6.45, 7) is 0. The summed E-state index contributed by atoms with van der Waals surface area (Å²) in [5.41, 5.74) is 6.05. The summed E-state index contributed by atoms with van der Waals surface area (Å²) in [6, 6.07) is 3.79. The van der Waals surface area contributed by atoms with Gasteiger partial charge in [0.15, 0.2) is 17.6 Å². The predicted molar refractivity (Wildman–Crippen MR) is 60.1 cm³/mol. The number of carbonyl (C=O) groups is 1. The molecule has 0 saturated heterocycles. The summed E-state index contributed by atoms with van der Waals surface area (Å²) in [4.78, 5) is 10.7. The second-order valence-electron chi connectivity index (χ2n) is 3.39. The number of hydrogen-bond donors (Lipinski definition) is 3. The summed E-state index contributed by atoms with van der Waals surface area (Å²) >= 11 is 0. The van der Waals surface area contributed by atoms with E-state index in [9.17, 15) is 9.90 Å². The topological polar surface area (TPSA) is 102 Å². The first-order valence-corrected chi connectivity index (χ1v) is 4.90. The van der Waals surface area contributed by atoms with Crippen LogP contribution in [0.3, 0.4) is 0 Å². The molecule has 0 heterocycles. The molecule has 0 aromatic heterocycles. The highest BCUT2D eigenvalue weighted by Gasteiger charge is 2.27. The largest absolute Gasteiger partial charge is 0.493 e. The lowest BCUT2D eigenvalue weighted by Gasteiger charge is -2.19.